The van der Waals surface area contributed by atoms with Crippen LogP contribution >= 0.6 is 0 Å². The van der Waals surface area contributed by atoms with Crippen molar-refractivity contribution in [1.29, 1.82) is 0 Å². The van der Waals surface area contributed by atoms with E-state index in [2.05, 4.69) is 0 Å². The molecule has 1 aliphatic heterocycles. The van der Waals surface area contributed by atoms with E-state index in [-0.39, 0.29) is 35.5 Å². The third kappa shape index (κ3) is 5.95. The fraction of sp³-hybridized carbons (Fsp3) is 0.441. The average molecular weight is 606 g/mol. The molecule has 2 fully saturated rings. The third-order valence-corrected chi connectivity index (χ3v) is 8.79. The summed E-state index contributed by atoms with van der Waals surface area (Å²) < 4.78 is 28.4. The molecule has 0 bridgehead atoms. The highest BCUT2D eigenvalue weighted by molar-refractivity contribution is 6.04. The third-order valence-electron chi connectivity index (χ3n) is 8.79. The van der Waals surface area contributed by atoms with Crippen LogP contribution in [0.1, 0.15) is 63.1 Å². The van der Waals surface area contributed by atoms with Gasteiger partial charge in [-0.2, -0.15) is 0 Å². The van der Waals surface area contributed by atoms with Gasteiger partial charge in [0, 0.05) is 43.5 Å². The van der Waals surface area contributed by atoms with Gasteiger partial charge in [0.1, 0.15) is 29.1 Å². The predicted octanol–water partition coefficient (Wildman–Crippen LogP) is 5.80. The van der Waals surface area contributed by atoms with E-state index >= 15 is 0 Å². The van der Waals surface area contributed by atoms with Crippen LogP contribution in [0.2, 0.25) is 0 Å². The first-order valence-electron chi connectivity index (χ1n) is 14.9. The number of amides is 3. The minimum absolute atomic E-state index is 0.179. The Hall–Kier alpha value is -4.18. The number of aliphatic hydroxyl groups is 1. The molecule has 0 unspecified atom stereocenters. The van der Waals surface area contributed by atoms with Crippen LogP contribution in [0.4, 0.5) is 9.18 Å². The number of carbonyl (C=O) groups is 2. The van der Waals surface area contributed by atoms with Crippen molar-refractivity contribution in [3.63, 3.8) is 0 Å². The minimum Gasteiger partial charge on any atom is -0.490 e. The molecule has 234 valence electrons. The number of imide groups is 1. The van der Waals surface area contributed by atoms with Crippen molar-refractivity contribution in [2.75, 3.05) is 7.05 Å². The van der Waals surface area contributed by atoms with E-state index in [1.807, 2.05) is 6.07 Å². The summed E-state index contributed by atoms with van der Waals surface area (Å²) in [6, 6.07) is 8.66. The lowest BCUT2D eigenvalue weighted by atomic mass is 9.91. The molecule has 10 heteroatoms. The zero-order chi connectivity index (χ0) is 32.1. The van der Waals surface area contributed by atoms with E-state index < -0.39 is 11.6 Å². The Morgan fingerprint density at radius 3 is 2.11 bits per heavy atom. The van der Waals surface area contributed by atoms with Crippen LogP contribution in [-0.2, 0) is 17.4 Å². The number of aromatic nitrogens is 1. The molecular formula is C34H40FN3O6. The van der Waals surface area contributed by atoms with Crippen molar-refractivity contribution in [1.82, 2.24) is 14.4 Å². The topological polar surface area (TPSA) is 101 Å². The second-order valence-electron chi connectivity index (χ2n) is 12.6. The predicted molar refractivity (Wildman–Crippen MR) is 164 cm³/mol. The number of hydrogen-bond acceptors (Lipinski definition) is 6. The number of ether oxygens (including phenoxy) is 2. The molecule has 3 amide bonds. The van der Waals surface area contributed by atoms with Gasteiger partial charge in [0.2, 0.25) is 0 Å². The maximum Gasteiger partial charge on any atom is 0.327 e. The molecule has 1 aliphatic carbocycles. The van der Waals surface area contributed by atoms with Crippen molar-refractivity contribution in [3.05, 3.63) is 75.5 Å². The fourth-order valence-corrected chi connectivity index (χ4v) is 6.02. The number of rotatable bonds is 7. The number of pyridine rings is 1. The molecule has 1 saturated heterocycles. The van der Waals surface area contributed by atoms with Gasteiger partial charge in [0.05, 0.1) is 11.7 Å². The molecule has 1 saturated carbocycles. The normalized spacial score (nSPS) is 20.8. The summed E-state index contributed by atoms with van der Waals surface area (Å²) in [4.78, 5) is 41.1. The molecule has 1 aromatic heterocycles. The molecule has 44 heavy (non-hydrogen) atoms. The van der Waals surface area contributed by atoms with E-state index in [0.29, 0.717) is 70.7 Å². The van der Waals surface area contributed by atoms with Gasteiger partial charge in [-0.3, -0.25) is 14.5 Å². The van der Waals surface area contributed by atoms with Gasteiger partial charge >= 0.3 is 6.03 Å². The Morgan fingerprint density at radius 1 is 0.909 bits per heavy atom. The molecule has 9 nitrogen and oxygen atoms in total. The summed E-state index contributed by atoms with van der Waals surface area (Å²) >= 11 is 0. The number of carbonyl (C=O) groups excluding carboxylic acids is 2. The zero-order valence-electron chi connectivity index (χ0n) is 26.3. The van der Waals surface area contributed by atoms with E-state index in [1.54, 1.807) is 67.0 Å². The van der Waals surface area contributed by atoms with Crippen molar-refractivity contribution in [2.45, 2.75) is 84.1 Å². The van der Waals surface area contributed by atoms with Crippen LogP contribution in [0.5, 0.6) is 17.2 Å². The van der Waals surface area contributed by atoms with Gasteiger partial charge < -0.3 is 24.0 Å². The number of benzene rings is 2. The van der Waals surface area contributed by atoms with Crippen LogP contribution in [0.25, 0.3) is 11.1 Å². The van der Waals surface area contributed by atoms with Crippen molar-refractivity contribution in [2.24, 2.45) is 7.05 Å². The molecule has 5 rings (SSSR count). The number of aryl methyl sites for hydroxylation is 3. The van der Waals surface area contributed by atoms with Crippen LogP contribution in [0, 0.1) is 19.7 Å². The minimum atomic E-state index is -1.16. The molecule has 0 spiro atoms. The Kier molecular flexibility index (Phi) is 8.33. The van der Waals surface area contributed by atoms with Gasteiger partial charge in [-0.05, 0) is 101 Å². The SMILES string of the molecule is Cc1cc(F)cc(C)c1Oc1ccc(C(C)(C)O)cc1-c1cn(C)c(=O)cc1O[C@H]1CC[C@H](N2C(=O)[C@H](C)N(C)C2=O)CC1. The Labute approximate surface area is 256 Å². The van der Waals surface area contributed by atoms with Crippen LogP contribution in [-0.4, -0.2) is 56.6 Å². The second-order valence-corrected chi connectivity index (χ2v) is 12.6. The Morgan fingerprint density at radius 2 is 1.55 bits per heavy atom. The van der Waals surface area contributed by atoms with E-state index in [1.165, 1.54) is 32.6 Å². The highest BCUT2D eigenvalue weighted by Crippen LogP contribution is 2.42. The Bertz CT molecular complexity index is 1630. The lowest BCUT2D eigenvalue weighted by Crippen LogP contribution is -2.44. The number of likely N-dealkylation sites (N-methyl/N-ethyl adjacent to an activating group) is 1. The maximum absolute atomic E-state index is 14.0. The van der Waals surface area contributed by atoms with Crippen molar-refractivity contribution < 1.29 is 28.6 Å². The van der Waals surface area contributed by atoms with E-state index in [0.717, 1.165) is 0 Å². The van der Waals surface area contributed by atoms with E-state index in [4.69, 9.17) is 9.47 Å². The summed E-state index contributed by atoms with van der Waals surface area (Å²) in [5.74, 6) is 0.797. The maximum atomic E-state index is 14.0. The zero-order valence-corrected chi connectivity index (χ0v) is 26.3. The largest absolute Gasteiger partial charge is 0.490 e. The summed E-state index contributed by atoms with van der Waals surface area (Å²) in [6.45, 7) is 8.65. The first-order chi connectivity index (χ1) is 20.6. The average Bonchev–Trinajstić information content (AvgIpc) is 3.14. The molecule has 2 heterocycles. The lowest BCUT2D eigenvalue weighted by Gasteiger charge is -2.33. The molecule has 1 atom stereocenters. The molecule has 1 N–H and O–H groups in total. The number of halogens is 1. The quantitative estimate of drug-likeness (QED) is 0.342. The summed E-state index contributed by atoms with van der Waals surface area (Å²) in [5.41, 5.74) is 1.66. The standard InChI is InChI=1S/C34H40FN3O6/c1-19-14-23(35)15-20(2)31(19)44-28-13-8-22(34(4,5)42)16-26(28)27-18-36(6)30(39)17-29(27)43-25-11-9-24(10-12-25)38-32(40)21(3)37(7)33(38)41/h8,13-18,21,24-25,42H,9-12H2,1-7H3/t21-,24-,25-/m0/s1. The van der Waals surface area contributed by atoms with Crippen molar-refractivity contribution >= 4 is 11.9 Å². The smallest absolute Gasteiger partial charge is 0.327 e. The van der Waals surface area contributed by atoms with Gasteiger partial charge in [0.15, 0.2) is 0 Å². The first-order valence-corrected chi connectivity index (χ1v) is 14.9. The molecular weight excluding hydrogens is 565 g/mol. The number of urea groups is 1. The highest BCUT2D eigenvalue weighted by atomic mass is 19.1. The van der Waals surface area contributed by atoms with Crippen LogP contribution < -0.4 is 15.0 Å². The van der Waals surface area contributed by atoms with Gasteiger partial charge in [-0.25, -0.2) is 9.18 Å². The van der Waals surface area contributed by atoms with Crippen molar-refractivity contribution in [3.8, 4) is 28.4 Å². The number of nitrogens with zero attached hydrogens (tertiary/aromatic N) is 3. The Balaban J connectivity index is 1.49. The molecule has 0 radical (unpaired) electrons. The van der Waals surface area contributed by atoms with Gasteiger partial charge in [0.25, 0.3) is 11.5 Å². The molecule has 3 aromatic rings. The van der Waals surface area contributed by atoms with Gasteiger partial charge in [-0.1, -0.05) is 6.07 Å². The van der Waals surface area contributed by atoms with Gasteiger partial charge in [-0.15, -0.1) is 0 Å². The summed E-state index contributed by atoms with van der Waals surface area (Å²) in [7, 11) is 3.29. The fourth-order valence-electron chi connectivity index (χ4n) is 6.02. The highest BCUT2D eigenvalue weighted by Gasteiger charge is 2.45. The summed E-state index contributed by atoms with van der Waals surface area (Å²) in [6.07, 6.45) is 3.81. The monoisotopic (exact) mass is 605 g/mol. The van der Waals surface area contributed by atoms with Crippen LogP contribution in [0.15, 0.2) is 47.4 Å². The summed E-state index contributed by atoms with van der Waals surface area (Å²) in [5, 5.41) is 10.8. The first kappa shape index (κ1) is 31.3. The second kappa shape index (κ2) is 11.7. The van der Waals surface area contributed by atoms with E-state index in [9.17, 15) is 23.9 Å². The van der Waals surface area contributed by atoms with Crippen LogP contribution in [0.3, 0.4) is 0 Å². The number of hydrogen-bond donors (Lipinski definition) is 1. The lowest BCUT2D eigenvalue weighted by molar-refractivity contribution is -0.130. The molecule has 2 aromatic carbocycles. The molecule has 2 aliphatic rings.